The minimum atomic E-state index is -4.45. The molecule has 0 saturated carbocycles. The number of hydrogen-bond acceptors (Lipinski definition) is 3. The van der Waals surface area contributed by atoms with Crippen LogP contribution in [0.3, 0.4) is 0 Å². The van der Waals surface area contributed by atoms with Crippen molar-refractivity contribution in [3.8, 4) is 0 Å². The average Bonchev–Trinajstić information content (AvgIpc) is 3.07. The molecule has 3 rings (SSSR count). The van der Waals surface area contributed by atoms with Gasteiger partial charge < -0.3 is 0 Å². The fraction of sp³-hybridized carbons (Fsp3) is 0.438. The molecule has 1 aromatic rings. The molecule has 1 aromatic carbocycles. The van der Waals surface area contributed by atoms with Gasteiger partial charge in [-0.05, 0) is 0 Å². The number of hydrogen-bond donors (Lipinski definition) is 0. The molecule has 124 valence electrons. The van der Waals surface area contributed by atoms with E-state index in [9.17, 15) is 18.0 Å². The van der Waals surface area contributed by atoms with Crippen molar-refractivity contribution in [2.45, 2.75) is 38.1 Å². The van der Waals surface area contributed by atoms with Crippen LogP contribution in [-0.2, 0) is 20.4 Å². The summed E-state index contributed by atoms with van der Waals surface area (Å²) in [7, 11) is 0. The van der Waals surface area contributed by atoms with Gasteiger partial charge in [0.15, 0.2) is 0 Å². The van der Waals surface area contributed by atoms with Gasteiger partial charge in [0.25, 0.3) is 0 Å². The van der Waals surface area contributed by atoms with Gasteiger partial charge >= 0.3 is 140 Å². The van der Waals surface area contributed by atoms with Gasteiger partial charge in [0.1, 0.15) is 0 Å². The average molecular weight is 388 g/mol. The van der Waals surface area contributed by atoms with E-state index in [-0.39, 0.29) is 28.6 Å². The van der Waals surface area contributed by atoms with E-state index in [1.807, 2.05) is 0 Å². The van der Waals surface area contributed by atoms with Crippen molar-refractivity contribution < 1.29 is 27.4 Å². The van der Waals surface area contributed by atoms with Crippen LogP contribution >= 0.6 is 0 Å². The van der Waals surface area contributed by atoms with Gasteiger partial charge in [-0.3, -0.25) is 0 Å². The van der Waals surface area contributed by atoms with E-state index in [2.05, 4.69) is 0 Å². The Morgan fingerprint density at radius 3 is 2.65 bits per heavy atom. The van der Waals surface area contributed by atoms with Crippen LogP contribution in [0.25, 0.3) is 5.57 Å². The molecule has 3 unspecified atom stereocenters. The van der Waals surface area contributed by atoms with Crippen molar-refractivity contribution in [1.82, 2.24) is 0 Å². The van der Waals surface area contributed by atoms with Crippen molar-refractivity contribution in [3.63, 3.8) is 0 Å². The van der Waals surface area contributed by atoms with Gasteiger partial charge in [-0.15, -0.1) is 0 Å². The summed E-state index contributed by atoms with van der Waals surface area (Å²) in [6, 6.07) is 3.96. The van der Waals surface area contributed by atoms with Crippen molar-refractivity contribution in [1.29, 1.82) is 0 Å². The third-order valence-corrected chi connectivity index (χ3v) is 5.03. The Bertz CT molecular complexity index is 676. The van der Waals surface area contributed by atoms with Crippen LogP contribution in [-0.4, -0.2) is 41.5 Å². The summed E-state index contributed by atoms with van der Waals surface area (Å²) in [5, 5.41) is 0. The van der Waals surface area contributed by atoms with Crippen LogP contribution < -0.4 is 0 Å². The molecule has 0 amide bonds. The van der Waals surface area contributed by atoms with E-state index in [4.69, 9.17) is 9.47 Å². The monoisotopic (exact) mass is 388 g/mol. The van der Waals surface area contributed by atoms with Crippen molar-refractivity contribution in [2.75, 3.05) is 6.61 Å². The molecule has 2 aliphatic rings. The topological polar surface area (TPSA) is 35.5 Å². The standard InChI is InChI=1S/C16H16AsF3O3/c1-8-4-5-9(7-10(8)16(18,19)20)12-13(21)14(23-15(12)17)11-3-2-6-22-11/h4-5,7,11,14H,2-3,6,17H2,1H3. The molecule has 1 saturated heterocycles. The van der Waals surface area contributed by atoms with Crippen LogP contribution in [0.4, 0.5) is 13.2 Å². The Morgan fingerprint density at radius 1 is 1.30 bits per heavy atom. The van der Waals surface area contributed by atoms with Gasteiger partial charge in [-0.2, -0.15) is 0 Å². The number of halogens is 3. The molecule has 0 aliphatic carbocycles. The number of rotatable bonds is 2. The summed E-state index contributed by atoms with van der Waals surface area (Å²) in [6.45, 7) is 1.99. The molecule has 0 aromatic heterocycles. The molecule has 2 aliphatic heterocycles. The number of carbonyl (C=O) groups is 1. The number of carbonyl (C=O) groups excluding carboxylic acids is 1. The number of Topliss-reactive ketones (excluding diaryl/α,β-unsaturated/α-hetero) is 1. The summed E-state index contributed by atoms with van der Waals surface area (Å²) < 4.78 is 50.8. The van der Waals surface area contributed by atoms with Gasteiger partial charge in [-0.25, -0.2) is 0 Å². The first-order valence-corrected chi connectivity index (χ1v) is 8.50. The van der Waals surface area contributed by atoms with E-state index < -0.39 is 17.8 Å². The summed E-state index contributed by atoms with van der Waals surface area (Å²) in [6.07, 6.45) is -3.90. The van der Waals surface area contributed by atoms with Crippen molar-refractivity contribution >= 4 is 28.2 Å². The second-order valence-corrected chi connectivity index (χ2v) is 6.82. The van der Waals surface area contributed by atoms with Gasteiger partial charge in [0.05, 0.1) is 0 Å². The fourth-order valence-corrected chi connectivity index (χ4v) is 3.92. The molecule has 0 bridgehead atoms. The molecule has 0 radical (unpaired) electrons. The molecule has 7 heteroatoms. The van der Waals surface area contributed by atoms with Crippen LogP contribution in [0.1, 0.15) is 29.5 Å². The summed E-state index contributed by atoms with van der Waals surface area (Å²) in [5.41, 5.74) is -0.0907. The van der Waals surface area contributed by atoms with Crippen LogP contribution in [0, 0.1) is 6.92 Å². The third-order valence-electron chi connectivity index (χ3n) is 4.14. The minimum absolute atomic E-state index is 0.132. The first kappa shape index (κ1) is 16.6. The van der Waals surface area contributed by atoms with E-state index in [0.717, 1.165) is 35.8 Å². The summed E-state index contributed by atoms with van der Waals surface area (Å²) >= 11 is 1.09. The van der Waals surface area contributed by atoms with Gasteiger partial charge in [-0.1, -0.05) is 0 Å². The number of aryl methyl sites for hydroxylation is 1. The molecule has 2 heterocycles. The SMILES string of the molecule is Cc1ccc(C2=C([AsH2])OC(C3CCCO3)C2=O)cc1C(F)(F)F. The third kappa shape index (κ3) is 3.07. The Labute approximate surface area is 140 Å². The van der Waals surface area contributed by atoms with Crippen LogP contribution in [0.5, 0.6) is 0 Å². The molecular formula is C16H16AsF3O3. The van der Waals surface area contributed by atoms with E-state index in [0.29, 0.717) is 11.2 Å². The Hall–Kier alpha value is -1.26. The van der Waals surface area contributed by atoms with Gasteiger partial charge in [0.2, 0.25) is 0 Å². The number of benzene rings is 1. The molecule has 3 atom stereocenters. The zero-order valence-corrected chi connectivity index (χ0v) is 14.9. The second kappa shape index (κ2) is 5.99. The van der Waals surface area contributed by atoms with E-state index in [1.54, 1.807) is 6.07 Å². The first-order valence-electron chi connectivity index (χ1n) is 7.29. The maximum atomic E-state index is 13.1. The number of alkyl halides is 3. The maximum absolute atomic E-state index is 13.1. The zero-order valence-electron chi connectivity index (χ0n) is 12.4. The summed E-state index contributed by atoms with van der Waals surface area (Å²) in [4.78, 5) is 12.6. The normalized spacial score (nSPS) is 25.2. The quantitative estimate of drug-likeness (QED) is 0.731. The Kier molecular flexibility index (Phi) is 4.32. The molecule has 3 nitrogen and oxygen atoms in total. The predicted octanol–water partition coefficient (Wildman–Crippen LogP) is 2.46. The zero-order chi connectivity index (χ0) is 16.8. The van der Waals surface area contributed by atoms with Gasteiger partial charge in [0, 0.05) is 0 Å². The Balaban J connectivity index is 1.95. The number of ether oxygens (including phenoxy) is 2. The molecule has 23 heavy (non-hydrogen) atoms. The molecule has 0 spiro atoms. The summed E-state index contributed by atoms with van der Waals surface area (Å²) in [5.74, 6) is -0.284. The Morgan fingerprint density at radius 2 is 2.04 bits per heavy atom. The van der Waals surface area contributed by atoms with Crippen LogP contribution in [0.2, 0.25) is 0 Å². The molecule has 1 fully saturated rings. The second-order valence-electron chi connectivity index (χ2n) is 5.72. The first-order chi connectivity index (χ1) is 10.8. The molecular weight excluding hydrogens is 372 g/mol. The van der Waals surface area contributed by atoms with E-state index in [1.165, 1.54) is 13.0 Å². The van der Waals surface area contributed by atoms with Crippen molar-refractivity contribution in [3.05, 3.63) is 39.4 Å². The van der Waals surface area contributed by atoms with Crippen LogP contribution in [0.15, 0.2) is 22.7 Å². The van der Waals surface area contributed by atoms with Crippen molar-refractivity contribution in [2.24, 2.45) is 0 Å². The molecule has 0 N–H and O–H groups in total. The number of ketones is 1. The van der Waals surface area contributed by atoms with E-state index >= 15 is 0 Å². The predicted molar refractivity (Wildman–Crippen MR) is 80.5 cm³/mol. The fourth-order valence-electron chi connectivity index (χ4n) is 2.97.